The summed E-state index contributed by atoms with van der Waals surface area (Å²) < 4.78 is 0. The minimum absolute atomic E-state index is 0.118. The number of carbonyl (C=O) groups excluding carboxylic acids is 2. The fourth-order valence-electron chi connectivity index (χ4n) is 3.16. The van der Waals surface area contributed by atoms with E-state index in [-0.39, 0.29) is 11.8 Å². The van der Waals surface area contributed by atoms with Gasteiger partial charge in [0.25, 0.3) is 5.91 Å². The predicted molar refractivity (Wildman–Crippen MR) is 108 cm³/mol. The molecule has 0 bridgehead atoms. The van der Waals surface area contributed by atoms with Gasteiger partial charge in [-0.15, -0.1) is 11.3 Å². The molecule has 0 aromatic carbocycles. The summed E-state index contributed by atoms with van der Waals surface area (Å²) in [5.74, 6) is 0.807. The van der Waals surface area contributed by atoms with Crippen LogP contribution in [-0.4, -0.2) is 47.9 Å². The van der Waals surface area contributed by atoms with Crippen LogP contribution in [-0.2, 0) is 11.3 Å². The molecule has 0 radical (unpaired) electrons. The molecule has 3 heterocycles. The van der Waals surface area contributed by atoms with Gasteiger partial charge in [-0.1, -0.05) is 19.4 Å². The van der Waals surface area contributed by atoms with Crippen LogP contribution in [0.25, 0.3) is 0 Å². The van der Waals surface area contributed by atoms with Gasteiger partial charge >= 0.3 is 0 Å². The molecule has 0 atom stereocenters. The molecule has 0 unspecified atom stereocenters. The third-order valence-corrected chi connectivity index (χ3v) is 5.59. The normalized spacial score (nSPS) is 14.3. The molecule has 6 nitrogen and oxygen atoms in total. The van der Waals surface area contributed by atoms with Crippen LogP contribution in [0, 0.1) is 0 Å². The predicted octanol–water partition coefficient (Wildman–Crippen LogP) is 2.91. The van der Waals surface area contributed by atoms with E-state index in [1.807, 2.05) is 28.5 Å². The Labute approximate surface area is 164 Å². The molecule has 144 valence electrons. The van der Waals surface area contributed by atoms with E-state index in [4.69, 9.17) is 0 Å². The van der Waals surface area contributed by atoms with Crippen molar-refractivity contribution in [3.8, 4) is 0 Å². The van der Waals surface area contributed by atoms with Crippen molar-refractivity contribution >= 4 is 29.0 Å². The van der Waals surface area contributed by atoms with Crippen molar-refractivity contribution in [1.29, 1.82) is 0 Å². The van der Waals surface area contributed by atoms with Crippen LogP contribution in [0.2, 0.25) is 0 Å². The maximum atomic E-state index is 12.7. The SMILES string of the molecule is CCCCC(=O)N1CCN(c2ncccc2C(=O)NCc2cccs2)CC1. The summed E-state index contributed by atoms with van der Waals surface area (Å²) in [5, 5.41) is 4.97. The maximum absolute atomic E-state index is 12.7. The Morgan fingerprint density at radius 1 is 1.19 bits per heavy atom. The van der Waals surface area contributed by atoms with E-state index >= 15 is 0 Å². The molecular weight excluding hydrogens is 360 g/mol. The van der Waals surface area contributed by atoms with E-state index in [9.17, 15) is 9.59 Å². The molecule has 2 aromatic heterocycles. The molecule has 1 aliphatic heterocycles. The number of pyridine rings is 1. The average Bonchev–Trinajstić information content (AvgIpc) is 3.24. The first kappa shape index (κ1) is 19.4. The van der Waals surface area contributed by atoms with Crippen molar-refractivity contribution in [2.75, 3.05) is 31.1 Å². The van der Waals surface area contributed by atoms with Gasteiger partial charge in [0.05, 0.1) is 12.1 Å². The second-order valence-corrected chi connectivity index (χ2v) is 7.64. The lowest BCUT2D eigenvalue weighted by molar-refractivity contribution is -0.131. The average molecular weight is 387 g/mol. The van der Waals surface area contributed by atoms with Crippen LogP contribution in [0.1, 0.15) is 41.4 Å². The zero-order valence-corrected chi connectivity index (χ0v) is 16.5. The number of rotatable bonds is 7. The highest BCUT2D eigenvalue weighted by atomic mass is 32.1. The molecule has 1 saturated heterocycles. The lowest BCUT2D eigenvalue weighted by Crippen LogP contribution is -2.49. The van der Waals surface area contributed by atoms with E-state index in [1.165, 1.54) is 0 Å². The molecule has 2 amide bonds. The van der Waals surface area contributed by atoms with Gasteiger partial charge in [0.2, 0.25) is 5.91 Å². The monoisotopic (exact) mass is 386 g/mol. The van der Waals surface area contributed by atoms with E-state index < -0.39 is 0 Å². The number of hydrogen-bond acceptors (Lipinski definition) is 5. The van der Waals surface area contributed by atoms with Crippen LogP contribution in [0.5, 0.6) is 0 Å². The Kier molecular flexibility index (Phi) is 6.81. The summed E-state index contributed by atoms with van der Waals surface area (Å²) in [5.41, 5.74) is 0.583. The summed E-state index contributed by atoms with van der Waals surface area (Å²) in [6.45, 7) is 5.35. The Morgan fingerprint density at radius 2 is 2.00 bits per heavy atom. The van der Waals surface area contributed by atoms with Crippen molar-refractivity contribution in [1.82, 2.24) is 15.2 Å². The zero-order chi connectivity index (χ0) is 19.1. The molecule has 1 fully saturated rings. The highest BCUT2D eigenvalue weighted by Crippen LogP contribution is 2.20. The second-order valence-electron chi connectivity index (χ2n) is 6.61. The second kappa shape index (κ2) is 9.50. The molecule has 1 N–H and O–H groups in total. The van der Waals surface area contributed by atoms with E-state index in [0.717, 1.165) is 17.7 Å². The number of nitrogens with one attached hydrogen (secondary N) is 1. The molecule has 0 saturated carbocycles. The largest absolute Gasteiger partial charge is 0.352 e. The summed E-state index contributed by atoms with van der Waals surface area (Å²) in [4.78, 5) is 34.5. The summed E-state index contributed by atoms with van der Waals surface area (Å²) in [6, 6.07) is 7.58. The first-order valence-corrected chi connectivity index (χ1v) is 10.4. The minimum atomic E-state index is -0.118. The van der Waals surface area contributed by atoms with Gasteiger partial charge in [-0.3, -0.25) is 9.59 Å². The lowest BCUT2D eigenvalue weighted by atomic mass is 10.2. The number of anilines is 1. The fourth-order valence-corrected chi connectivity index (χ4v) is 3.80. The number of hydrogen-bond donors (Lipinski definition) is 1. The smallest absolute Gasteiger partial charge is 0.255 e. The molecule has 2 aromatic rings. The van der Waals surface area contributed by atoms with E-state index in [0.29, 0.717) is 50.5 Å². The molecule has 27 heavy (non-hydrogen) atoms. The van der Waals surface area contributed by atoms with E-state index in [1.54, 1.807) is 23.6 Å². The zero-order valence-electron chi connectivity index (χ0n) is 15.7. The lowest BCUT2D eigenvalue weighted by Gasteiger charge is -2.36. The number of thiophene rings is 1. The topological polar surface area (TPSA) is 65.5 Å². The number of aromatic nitrogens is 1. The fraction of sp³-hybridized carbons (Fsp3) is 0.450. The van der Waals surface area contributed by atoms with Gasteiger partial charge in [-0.05, 0) is 30.0 Å². The number of nitrogens with zero attached hydrogens (tertiary/aromatic N) is 3. The van der Waals surface area contributed by atoms with Crippen molar-refractivity contribution in [2.24, 2.45) is 0 Å². The Hall–Kier alpha value is -2.41. The number of amides is 2. The summed E-state index contributed by atoms with van der Waals surface area (Å²) in [6.07, 6.45) is 4.30. The van der Waals surface area contributed by atoms with Gasteiger partial charge in [-0.2, -0.15) is 0 Å². The van der Waals surface area contributed by atoms with Crippen LogP contribution in [0.3, 0.4) is 0 Å². The maximum Gasteiger partial charge on any atom is 0.255 e. The van der Waals surface area contributed by atoms with Crippen molar-refractivity contribution in [3.63, 3.8) is 0 Å². The van der Waals surface area contributed by atoms with Gasteiger partial charge in [0.1, 0.15) is 5.82 Å². The standard InChI is InChI=1S/C20H26N4O2S/c1-2-3-8-18(25)23-10-12-24(13-11-23)19-17(7-4-9-21-19)20(26)22-15-16-6-5-14-27-16/h4-7,9,14H,2-3,8,10-13,15H2,1H3,(H,22,26). The van der Waals surface area contributed by atoms with Crippen molar-refractivity contribution < 1.29 is 9.59 Å². The minimum Gasteiger partial charge on any atom is -0.352 e. The van der Waals surface area contributed by atoms with Gasteiger partial charge in [0.15, 0.2) is 0 Å². The highest BCUT2D eigenvalue weighted by molar-refractivity contribution is 7.09. The molecule has 0 spiro atoms. The number of piperazine rings is 1. The Balaban J connectivity index is 1.61. The molecular formula is C20H26N4O2S. The third kappa shape index (κ3) is 5.07. The third-order valence-electron chi connectivity index (χ3n) is 4.71. The number of carbonyl (C=O) groups is 2. The summed E-state index contributed by atoms with van der Waals surface area (Å²) >= 11 is 1.62. The molecule has 3 rings (SSSR count). The first-order chi connectivity index (χ1) is 13.2. The van der Waals surface area contributed by atoms with E-state index in [2.05, 4.69) is 22.1 Å². The van der Waals surface area contributed by atoms with Crippen LogP contribution in [0.15, 0.2) is 35.8 Å². The van der Waals surface area contributed by atoms with Gasteiger partial charge in [-0.25, -0.2) is 4.98 Å². The Bertz CT molecular complexity index is 755. The van der Waals surface area contributed by atoms with Crippen LogP contribution < -0.4 is 10.2 Å². The Morgan fingerprint density at radius 3 is 2.70 bits per heavy atom. The van der Waals surface area contributed by atoms with Gasteiger partial charge in [0, 0.05) is 43.7 Å². The molecule has 1 aliphatic rings. The van der Waals surface area contributed by atoms with Gasteiger partial charge < -0.3 is 15.1 Å². The summed E-state index contributed by atoms with van der Waals surface area (Å²) in [7, 11) is 0. The molecule has 7 heteroatoms. The van der Waals surface area contributed by atoms with Crippen LogP contribution >= 0.6 is 11.3 Å². The van der Waals surface area contributed by atoms with Crippen LogP contribution in [0.4, 0.5) is 5.82 Å². The first-order valence-electron chi connectivity index (χ1n) is 9.47. The van der Waals surface area contributed by atoms with Crippen molar-refractivity contribution in [2.45, 2.75) is 32.7 Å². The van der Waals surface area contributed by atoms with Crippen molar-refractivity contribution in [3.05, 3.63) is 46.3 Å². The quantitative estimate of drug-likeness (QED) is 0.795. The number of unbranched alkanes of at least 4 members (excludes halogenated alkanes) is 1. The molecule has 0 aliphatic carbocycles. The highest BCUT2D eigenvalue weighted by Gasteiger charge is 2.24.